The zero-order valence-corrected chi connectivity index (χ0v) is 10.0. The van der Waals surface area contributed by atoms with Crippen LogP contribution >= 0.6 is 0 Å². The number of hydrogen-bond acceptors (Lipinski definition) is 6. The maximum absolute atomic E-state index is 11.0. The summed E-state index contributed by atoms with van der Waals surface area (Å²) in [5.74, 6) is -1.09. The van der Waals surface area contributed by atoms with Gasteiger partial charge in [0.05, 0.1) is 10.6 Å². The van der Waals surface area contributed by atoms with Crippen LogP contribution in [0.25, 0.3) is 6.08 Å². The Hall–Kier alpha value is -2.44. The largest absolute Gasteiger partial charge is 0.352 e. The lowest BCUT2D eigenvalue weighted by Gasteiger charge is -2.06. The number of hydrogen-bond donors (Lipinski definition) is 0. The molecule has 0 unspecified atom stereocenters. The van der Waals surface area contributed by atoms with E-state index in [9.17, 15) is 14.9 Å². The molecule has 7 nitrogen and oxygen atoms in total. The molecule has 0 atom stereocenters. The Bertz CT molecular complexity index is 498. The van der Waals surface area contributed by atoms with Crippen molar-refractivity contribution < 1.29 is 19.5 Å². The molecule has 7 heteroatoms. The van der Waals surface area contributed by atoms with Gasteiger partial charge in [0.15, 0.2) is 0 Å². The van der Waals surface area contributed by atoms with Crippen molar-refractivity contribution in [1.29, 1.82) is 0 Å². The van der Waals surface area contributed by atoms with Gasteiger partial charge < -0.3 is 0 Å². The molecule has 0 amide bonds. The van der Waals surface area contributed by atoms with Gasteiger partial charge in [-0.25, -0.2) is 14.7 Å². The SMILES string of the molecule is C=Cc1cc(CC)c([N+](=O)[O-])c(OOC(C)=O)n1. The predicted molar refractivity (Wildman–Crippen MR) is 62.8 cm³/mol. The van der Waals surface area contributed by atoms with Crippen molar-refractivity contribution in [1.82, 2.24) is 4.98 Å². The predicted octanol–water partition coefficient (Wildman–Crippen LogP) is 2.05. The lowest BCUT2D eigenvalue weighted by atomic mass is 10.1. The number of nitro groups is 1. The standard InChI is InChI=1S/C11H12N2O5/c1-4-8-6-9(5-2)12-11(10(8)13(15)16)18-17-7(3)14/h5-6H,2,4H2,1,3H3. The van der Waals surface area contributed by atoms with Crippen LogP contribution in [0.5, 0.6) is 5.88 Å². The van der Waals surface area contributed by atoms with E-state index in [1.165, 1.54) is 12.1 Å². The van der Waals surface area contributed by atoms with Gasteiger partial charge in [-0.2, -0.15) is 0 Å². The first-order chi connectivity index (χ1) is 8.49. The lowest BCUT2D eigenvalue weighted by Crippen LogP contribution is -2.08. The smallest absolute Gasteiger partial charge is 0.258 e. The summed E-state index contributed by atoms with van der Waals surface area (Å²) >= 11 is 0. The topological polar surface area (TPSA) is 91.6 Å². The summed E-state index contributed by atoms with van der Waals surface area (Å²) in [7, 11) is 0. The van der Waals surface area contributed by atoms with Crippen molar-refractivity contribution in [2.75, 3.05) is 0 Å². The molecule has 0 spiro atoms. The molecule has 0 radical (unpaired) electrons. The van der Waals surface area contributed by atoms with Crippen LogP contribution in [-0.2, 0) is 16.1 Å². The average Bonchev–Trinajstić information content (AvgIpc) is 2.34. The highest BCUT2D eigenvalue weighted by atomic mass is 17.2. The van der Waals surface area contributed by atoms with Gasteiger partial charge in [-0.05, 0) is 18.6 Å². The fourth-order valence-electron chi connectivity index (χ4n) is 1.31. The van der Waals surface area contributed by atoms with Crippen LogP contribution in [0.4, 0.5) is 5.69 Å². The second-order valence-electron chi connectivity index (χ2n) is 3.33. The van der Waals surface area contributed by atoms with Gasteiger partial charge in [0, 0.05) is 12.5 Å². The summed E-state index contributed by atoms with van der Waals surface area (Å²) in [6, 6.07) is 1.53. The molecule has 96 valence electrons. The van der Waals surface area contributed by atoms with E-state index in [-0.39, 0.29) is 11.6 Å². The van der Waals surface area contributed by atoms with E-state index >= 15 is 0 Å². The van der Waals surface area contributed by atoms with Crippen LogP contribution in [0, 0.1) is 10.1 Å². The number of pyridine rings is 1. The molecule has 0 aliphatic heterocycles. The van der Waals surface area contributed by atoms with E-state index in [0.717, 1.165) is 6.92 Å². The molecular formula is C11H12N2O5. The van der Waals surface area contributed by atoms with E-state index in [4.69, 9.17) is 0 Å². The maximum Gasteiger partial charge on any atom is 0.352 e. The fourth-order valence-corrected chi connectivity index (χ4v) is 1.31. The minimum atomic E-state index is -0.729. The van der Waals surface area contributed by atoms with Crippen LogP contribution in [0.3, 0.4) is 0 Å². The van der Waals surface area contributed by atoms with E-state index in [1.54, 1.807) is 6.92 Å². The quantitative estimate of drug-likeness (QED) is 0.452. The Labute approximate surface area is 103 Å². The highest BCUT2D eigenvalue weighted by molar-refractivity contribution is 5.65. The van der Waals surface area contributed by atoms with Crippen LogP contribution in [0.15, 0.2) is 12.6 Å². The normalized spacial score (nSPS) is 9.67. The summed E-state index contributed by atoms with van der Waals surface area (Å²) in [4.78, 5) is 33.7. The molecule has 0 aromatic carbocycles. The van der Waals surface area contributed by atoms with Crippen molar-refractivity contribution in [3.8, 4) is 5.88 Å². The number of carbonyl (C=O) groups excluding carboxylic acids is 1. The Morgan fingerprint density at radius 1 is 1.67 bits per heavy atom. The molecule has 1 rings (SSSR count). The Morgan fingerprint density at radius 3 is 2.78 bits per heavy atom. The van der Waals surface area contributed by atoms with E-state index in [0.29, 0.717) is 17.7 Å². The monoisotopic (exact) mass is 252 g/mol. The number of nitrogens with zero attached hydrogens (tertiary/aromatic N) is 2. The van der Waals surface area contributed by atoms with Crippen molar-refractivity contribution in [3.63, 3.8) is 0 Å². The fraction of sp³-hybridized carbons (Fsp3) is 0.273. The van der Waals surface area contributed by atoms with E-state index in [2.05, 4.69) is 21.3 Å². The zero-order chi connectivity index (χ0) is 13.7. The number of aryl methyl sites for hydroxylation is 1. The number of carbonyl (C=O) groups is 1. The Morgan fingerprint density at radius 2 is 2.33 bits per heavy atom. The number of rotatable bonds is 5. The first-order valence-electron chi connectivity index (χ1n) is 5.15. The third-order valence-corrected chi connectivity index (χ3v) is 2.07. The molecule has 1 aromatic rings. The summed E-state index contributed by atoms with van der Waals surface area (Å²) < 4.78 is 0. The van der Waals surface area contributed by atoms with Gasteiger partial charge in [-0.1, -0.05) is 13.5 Å². The zero-order valence-electron chi connectivity index (χ0n) is 10.0. The van der Waals surface area contributed by atoms with Crippen LogP contribution in [0.1, 0.15) is 25.1 Å². The molecule has 0 fully saturated rings. The van der Waals surface area contributed by atoms with Crippen molar-refractivity contribution in [2.24, 2.45) is 0 Å². The van der Waals surface area contributed by atoms with Gasteiger partial charge in [0.1, 0.15) is 0 Å². The van der Waals surface area contributed by atoms with Crippen molar-refractivity contribution in [3.05, 3.63) is 34.0 Å². The third-order valence-electron chi connectivity index (χ3n) is 2.07. The molecule has 0 aliphatic carbocycles. The van der Waals surface area contributed by atoms with Gasteiger partial charge in [-0.3, -0.25) is 15.0 Å². The van der Waals surface area contributed by atoms with Crippen LogP contribution in [-0.4, -0.2) is 15.9 Å². The summed E-state index contributed by atoms with van der Waals surface area (Å²) in [5, 5.41) is 11.0. The molecule has 0 saturated carbocycles. The molecule has 1 heterocycles. The molecule has 18 heavy (non-hydrogen) atoms. The van der Waals surface area contributed by atoms with Gasteiger partial charge in [0.2, 0.25) is 0 Å². The molecule has 0 bridgehead atoms. The molecule has 1 aromatic heterocycles. The van der Waals surface area contributed by atoms with Gasteiger partial charge in [-0.15, -0.1) is 0 Å². The van der Waals surface area contributed by atoms with Crippen LogP contribution < -0.4 is 4.89 Å². The highest BCUT2D eigenvalue weighted by Gasteiger charge is 2.24. The average molecular weight is 252 g/mol. The first kappa shape index (κ1) is 13.6. The van der Waals surface area contributed by atoms with E-state index < -0.39 is 10.9 Å². The summed E-state index contributed by atoms with van der Waals surface area (Å²) in [6.07, 6.45) is 1.83. The van der Waals surface area contributed by atoms with Crippen molar-refractivity contribution >= 4 is 17.7 Å². The molecule has 0 N–H and O–H groups in total. The highest BCUT2D eigenvalue weighted by Crippen LogP contribution is 2.30. The third kappa shape index (κ3) is 3.03. The second-order valence-corrected chi connectivity index (χ2v) is 3.33. The van der Waals surface area contributed by atoms with Gasteiger partial charge in [0.25, 0.3) is 0 Å². The molecule has 0 aliphatic rings. The van der Waals surface area contributed by atoms with Crippen molar-refractivity contribution in [2.45, 2.75) is 20.3 Å². The minimum Gasteiger partial charge on any atom is -0.258 e. The maximum atomic E-state index is 11.0. The Kier molecular flexibility index (Phi) is 4.36. The molecular weight excluding hydrogens is 240 g/mol. The minimum absolute atomic E-state index is 0.315. The van der Waals surface area contributed by atoms with E-state index in [1.807, 2.05) is 0 Å². The number of aromatic nitrogens is 1. The molecule has 0 saturated heterocycles. The lowest BCUT2D eigenvalue weighted by molar-refractivity contribution is -0.389. The van der Waals surface area contributed by atoms with Crippen LogP contribution in [0.2, 0.25) is 0 Å². The first-order valence-corrected chi connectivity index (χ1v) is 5.15. The Balaban J connectivity index is 3.29. The van der Waals surface area contributed by atoms with Gasteiger partial charge >= 0.3 is 17.5 Å². The summed E-state index contributed by atoms with van der Waals surface area (Å²) in [6.45, 7) is 6.39. The second kappa shape index (κ2) is 5.76. The summed E-state index contributed by atoms with van der Waals surface area (Å²) in [5.41, 5.74) is 0.510.